The first-order valence-corrected chi connectivity index (χ1v) is 5.36. The maximum absolute atomic E-state index is 8.71. The van der Waals surface area contributed by atoms with E-state index in [0.29, 0.717) is 6.04 Å². The number of aliphatic hydroxyl groups excluding tert-OH is 1. The maximum atomic E-state index is 8.71. The first-order chi connectivity index (χ1) is 5.86. The molecule has 1 aliphatic carbocycles. The van der Waals surface area contributed by atoms with E-state index in [1.807, 2.05) is 0 Å². The van der Waals surface area contributed by atoms with Crippen LogP contribution in [0.3, 0.4) is 0 Å². The molecule has 4 heteroatoms. The van der Waals surface area contributed by atoms with Gasteiger partial charge in [-0.2, -0.15) is 17.0 Å². The zero-order valence-electron chi connectivity index (χ0n) is 6.99. The van der Waals surface area contributed by atoms with Gasteiger partial charge in [0.25, 0.3) is 0 Å². The minimum atomic E-state index is -0.0333. The van der Waals surface area contributed by atoms with Crippen molar-refractivity contribution in [1.29, 1.82) is 5.26 Å². The predicted octanol–water partition coefficient (Wildman–Crippen LogP) is 0.356. The van der Waals surface area contributed by atoms with Gasteiger partial charge in [0, 0.05) is 17.5 Å². The Kier molecular flexibility index (Phi) is 4.44. The molecule has 1 rings (SSSR count). The minimum absolute atomic E-state index is 0.0333. The van der Waals surface area contributed by atoms with Crippen LogP contribution in [0.5, 0.6) is 0 Å². The molecule has 0 aliphatic heterocycles. The van der Waals surface area contributed by atoms with Crippen molar-refractivity contribution in [3.8, 4) is 6.07 Å². The fourth-order valence-corrected chi connectivity index (χ4v) is 1.63. The summed E-state index contributed by atoms with van der Waals surface area (Å²) in [6.07, 6.45) is 2.42. The third kappa shape index (κ3) is 3.96. The first kappa shape index (κ1) is 9.85. The van der Waals surface area contributed by atoms with Crippen LogP contribution in [0, 0.1) is 11.3 Å². The van der Waals surface area contributed by atoms with Crippen LogP contribution in [0.25, 0.3) is 0 Å². The molecular weight excluding hydrogens is 172 g/mol. The topological polar surface area (TPSA) is 56.0 Å². The van der Waals surface area contributed by atoms with Gasteiger partial charge in [-0.3, -0.25) is 5.32 Å². The van der Waals surface area contributed by atoms with E-state index in [9.17, 15) is 0 Å². The Hall–Kier alpha value is -0.240. The summed E-state index contributed by atoms with van der Waals surface area (Å²) in [6, 6.07) is 2.77. The molecule has 0 aromatic heterocycles. The van der Waals surface area contributed by atoms with Crippen LogP contribution in [-0.2, 0) is 0 Å². The van der Waals surface area contributed by atoms with Crippen molar-refractivity contribution in [3.05, 3.63) is 0 Å². The molecule has 0 amide bonds. The molecule has 0 aromatic carbocycles. The fourth-order valence-electron chi connectivity index (χ4n) is 0.923. The smallest absolute Gasteiger partial charge is 0.105 e. The van der Waals surface area contributed by atoms with Gasteiger partial charge in [0.05, 0.1) is 12.7 Å². The normalized spacial score (nSPS) is 18.7. The van der Waals surface area contributed by atoms with Crippen LogP contribution in [0.15, 0.2) is 0 Å². The number of aliphatic hydroxyl groups is 1. The molecule has 3 nitrogen and oxygen atoms in total. The van der Waals surface area contributed by atoms with Crippen molar-refractivity contribution in [3.63, 3.8) is 0 Å². The lowest BCUT2D eigenvalue weighted by atomic mass is 10.4. The summed E-state index contributed by atoms with van der Waals surface area (Å²) < 4.78 is 0. The van der Waals surface area contributed by atoms with Gasteiger partial charge in [0.2, 0.25) is 0 Å². The van der Waals surface area contributed by atoms with Crippen molar-refractivity contribution in [2.24, 2.45) is 0 Å². The highest BCUT2D eigenvalue weighted by atomic mass is 32.2. The van der Waals surface area contributed by atoms with Gasteiger partial charge >= 0.3 is 0 Å². The zero-order valence-corrected chi connectivity index (χ0v) is 7.81. The summed E-state index contributed by atoms with van der Waals surface area (Å²) in [6.45, 7) is 0.201. The van der Waals surface area contributed by atoms with Crippen LogP contribution in [0.2, 0.25) is 0 Å². The molecule has 0 heterocycles. The number of nitrogens with one attached hydrogen (secondary N) is 1. The van der Waals surface area contributed by atoms with Crippen LogP contribution in [-0.4, -0.2) is 35.3 Å². The quantitative estimate of drug-likeness (QED) is 0.588. The average Bonchev–Trinajstić information content (AvgIpc) is 2.87. The molecule has 1 aliphatic rings. The lowest BCUT2D eigenvalue weighted by molar-refractivity contribution is 0.322. The van der Waals surface area contributed by atoms with Gasteiger partial charge < -0.3 is 5.11 Å². The summed E-state index contributed by atoms with van der Waals surface area (Å²) in [5, 5.41) is 20.5. The van der Waals surface area contributed by atoms with Gasteiger partial charge in [0.15, 0.2) is 0 Å². The Balaban J connectivity index is 2.04. The van der Waals surface area contributed by atoms with Gasteiger partial charge in [-0.15, -0.1) is 0 Å². The van der Waals surface area contributed by atoms with Crippen molar-refractivity contribution >= 4 is 11.8 Å². The van der Waals surface area contributed by atoms with Gasteiger partial charge in [-0.25, -0.2) is 0 Å². The standard InChI is InChI=1S/C8H14N2OS/c9-5-8(6-12-4-3-11)10-7-1-2-7/h7-8,10-11H,1-4,6H2. The van der Waals surface area contributed by atoms with Crippen molar-refractivity contribution in [2.75, 3.05) is 18.1 Å². The number of hydrogen-bond donors (Lipinski definition) is 2. The maximum Gasteiger partial charge on any atom is 0.105 e. The molecule has 2 N–H and O–H groups in total. The molecule has 0 aromatic rings. The molecule has 68 valence electrons. The molecule has 1 unspecified atom stereocenters. The van der Waals surface area contributed by atoms with Crippen LogP contribution in [0.4, 0.5) is 0 Å². The van der Waals surface area contributed by atoms with E-state index in [1.54, 1.807) is 11.8 Å². The van der Waals surface area contributed by atoms with E-state index in [-0.39, 0.29) is 12.6 Å². The van der Waals surface area contributed by atoms with E-state index in [4.69, 9.17) is 10.4 Å². The third-order valence-corrected chi connectivity index (χ3v) is 2.73. The van der Waals surface area contributed by atoms with E-state index < -0.39 is 0 Å². The number of hydrogen-bond acceptors (Lipinski definition) is 4. The third-order valence-electron chi connectivity index (χ3n) is 1.69. The Labute approximate surface area is 77.1 Å². The van der Waals surface area contributed by atoms with Crippen molar-refractivity contribution < 1.29 is 5.11 Å². The van der Waals surface area contributed by atoms with E-state index >= 15 is 0 Å². The van der Waals surface area contributed by atoms with Crippen LogP contribution in [0.1, 0.15) is 12.8 Å². The van der Waals surface area contributed by atoms with Crippen molar-refractivity contribution in [1.82, 2.24) is 5.32 Å². The Morgan fingerprint density at radius 3 is 2.92 bits per heavy atom. The van der Waals surface area contributed by atoms with Gasteiger partial charge in [-0.1, -0.05) is 0 Å². The minimum Gasteiger partial charge on any atom is -0.396 e. The van der Waals surface area contributed by atoms with Gasteiger partial charge in [0.1, 0.15) is 6.04 Å². The summed E-state index contributed by atoms with van der Waals surface area (Å²) >= 11 is 1.62. The Bertz CT molecular complexity index is 165. The molecule has 1 atom stereocenters. The van der Waals surface area contributed by atoms with Crippen LogP contribution < -0.4 is 5.32 Å². The summed E-state index contributed by atoms with van der Waals surface area (Å²) in [5.74, 6) is 1.51. The van der Waals surface area contributed by atoms with E-state index in [1.165, 1.54) is 12.8 Å². The highest BCUT2D eigenvalue weighted by Gasteiger charge is 2.24. The zero-order chi connectivity index (χ0) is 8.81. The highest BCUT2D eigenvalue weighted by molar-refractivity contribution is 7.99. The second-order valence-electron chi connectivity index (χ2n) is 2.92. The second-order valence-corrected chi connectivity index (χ2v) is 4.07. The summed E-state index contributed by atoms with van der Waals surface area (Å²) in [7, 11) is 0. The lowest BCUT2D eigenvalue weighted by Crippen LogP contribution is -2.31. The van der Waals surface area contributed by atoms with Crippen molar-refractivity contribution in [2.45, 2.75) is 24.9 Å². The number of thioether (sulfide) groups is 1. The summed E-state index contributed by atoms with van der Waals surface area (Å²) in [4.78, 5) is 0. The highest BCUT2D eigenvalue weighted by Crippen LogP contribution is 2.19. The van der Waals surface area contributed by atoms with Crippen LogP contribution >= 0.6 is 11.8 Å². The number of nitriles is 1. The first-order valence-electron chi connectivity index (χ1n) is 4.21. The van der Waals surface area contributed by atoms with E-state index in [2.05, 4.69) is 11.4 Å². The molecule has 0 radical (unpaired) electrons. The predicted molar refractivity (Wildman–Crippen MR) is 50.0 cm³/mol. The van der Waals surface area contributed by atoms with Gasteiger partial charge in [-0.05, 0) is 12.8 Å². The fraction of sp³-hybridized carbons (Fsp3) is 0.875. The molecular formula is C8H14N2OS. The molecule has 0 bridgehead atoms. The lowest BCUT2D eigenvalue weighted by Gasteiger charge is -2.08. The second kappa shape index (κ2) is 5.41. The molecule has 1 fully saturated rings. The molecule has 12 heavy (non-hydrogen) atoms. The average molecular weight is 186 g/mol. The number of rotatable bonds is 6. The summed E-state index contributed by atoms with van der Waals surface area (Å²) in [5.41, 5.74) is 0. The largest absolute Gasteiger partial charge is 0.396 e. The van der Waals surface area contributed by atoms with E-state index in [0.717, 1.165) is 11.5 Å². The SMILES string of the molecule is N#CC(CSCCO)NC1CC1. The molecule has 0 saturated heterocycles. The Morgan fingerprint density at radius 2 is 2.42 bits per heavy atom. The number of nitrogens with zero attached hydrogens (tertiary/aromatic N) is 1. The monoisotopic (exact) mass is 186 g/mol. The molecule has 1 saturated carbocycles. The Morgan fingerprint density at radius 1 is 1.67 bits per heavy atom. The molecule has 0 spiro atoms.